The van der Waals surface area contributed by atoms with E-state index in [1.807, 2.05) is 0 Å². The molecule has 4 N–H and O–H groups in total. The average Bonchev–Trinajstić information content (AvgIpc) is 2.31. The Morgan fingerprint density at radius 1 is 0.625 bits per heavy atom. The van der Waals surface area contributed by atoms with Crippen LogP contribution in [0.15, 0.2) is 0 Å². The molecule has 0 unspecified atom stereocenters. The molecule has 0 radical (unpaired) electrons. The molecule has 0 aliphatic rings. The van der Waals surface area contributed by atoms with E-state index in [1.54, 1.807) is 0 Å². The van der Waals surface area contributed by atoms with Crippen molar-refractivity contribution in [2.24, 2.45) is 0 Å². The van der Waals surface area contributed by atoms with Crippen LogP contribution in [0.4, 0.5) is 0 Å². The maximum Gasteiger partial charge on any atom is 0.138 e. The van der Waals surface area contributed by atoms with Gasteiger partial charge in [0.2, 0.25) is 0 Å². The molecule has 0 aromatic carbocycles. The highest BCUT2D eigenvalue weighted by atomic mass is 16.3. The zero-order valence-electron chi connectivity index (χ0n) is 8.36. The van der Waals surface area contributed by atoms with Gasteiger partial charge in [-0.2, -0.15) is 0 Å². The summed E-state index contributed by atoms with van der Waals surface area (Å²) in [5.41, 5.74) is 0. The van der Waals surface area contributed by atoms with Crippen LogP contribution < -0.4 is 0 Å². The molecule has 0 bridgehead atoms. The van der Waals surface area contributed by atoms with E-state index in [9.17, 15) is 0 Å². The molecule has 0 rings (SSSR count). The number of hydrogen-bond acceptors (Lipinski definition) is 4. The lowest BCUT2D eigenvalue weighted by molar-refractivity contribution is 0.138. The van der Waals surface area contributed by atoms with Crippen LogP contribution in [-0.4, -0.2) is 45.8 Å². The molecule has 0 aliphatic heterocycles. The lowest BCUT2D eigenvalue weighted by Crippen LogP contribution is -2.07. The van der Waals surface area contributed by atoms with Gasteiger partial charge < -0.3 is 20.4 Å². The van der Waals surface area contributed by atoms with Crippen molar-refractivity contribution in [3.63, 3.8) is 0 Å². The SMILES string of the molecule is OC[C@H](O)C#CC#CC#CC#C[C@@H](O)CO. The van der Waals surface area contributed by atoms with Crippen molar-refractivity contribution in [2.45, 2.75) is 12.2 Å². The predicted molar refractivity (Wildman–Crippen MR) is 57.3 cm³/mol. The fourth-order valence-electron chi connectivity index (χ4n) is 0.455. The molecule has 4 nitrogen and oxygen atoms in total. The summed E-state index contributed by atoms with van der Waals surface area (Å²) in [7, 11) is 0. The largest absolute Gasteiger partial charge is 0.393 e. The number of aliphatic hydroxyl groups excluding tert-OH is 4. The van der Waals surface area contributed by atoms with Crippen molar-refractivity contribution in [3.05, 3.63) is 0 Å². The smallest absolute Gasteiger partial charge is 0.138 e. The minimum Gasteiger partial charge on any atom is -0.393 e. The third kappa shape index (κ3) is 8.67. The molecule has 0 heterocycles. The molecule has 0 aromatic heterocycles. The summed E-state index contributed by atoms with van der Waals surface area (Å²) in [4.78, 5) is 0. The third-order valence-electron chi connectivity index (χ3n) is 1.14. The van der Waals surface area contributed by atoms with Gasteiger partial charge in [0.15, 0.2) is 0 Å². The molecule has 0 aromatic rings. The second-order valence-corrected chi connectivity index (χ2v) is 2.44. The minimum atomic E-state index is -1.10. The van der Waals surface area contributed by atoms with Crippen LogP contribution in [0.5, 0.6) is 0 Å². The van der Waals surface area contributed by atoms with Gasteiger partial charge in [-0.3, -0.25) is 0 Å². The van der Waals surface area contributed by atoms with Gasteiger partial charge in [0.05, 0.1) is 13.2 Å². The highest BCUT2D eigenvalue weighted by molar-refractivity contribution is 5.40. The molecule has 16 heavy (non-hydrogen) atoms. The Labute approximate surface area is 93.9 Å². The maximum atomic E-state index is 8.79. The second-order valence-electron chi connectivity index (χ2n) is 2.44. The number of aliphatic hydroxyl groups is 4. The first-order valence-corrected chi connectivity index (χ1v) is 4.29. The van der Waals surface area contributed by atoms with Gasteiger partial charge in [0, 0.05) is 0 Å². The Kier molecular flexibility index (Phi) is 8.47. The van der Waals surface area contributed by atoms with E-state index >= 15 is 0 Å². The van der Waals surface area contributed by atoms with Crippen molar-refractivity contribution in [2.75, 3.05) is 13.2 Å². The van der Waals surface area contributed by atoms with Gasteiger partial charge in [-0.25, -0.2) is 0 Å². The monoisotopic (exact) mass is 218 g/mol. The molecule has 82 valence electrons. The average molecular weight is 218 g/mol. The van der Waals surface area contributed by atoms with Crippen molar-refractivity contribution in [3.8, 4) is 47.4 Å². The first-order valence-electron chi connectivity index (χ1n) is 4.29. The Bertz CT molecular complexity index is 392. The molecule has 2 atom stereocenters. The third-order valence-corrected chi connectivity index (χ3v) is 1.14. The predicted octanol–water partition coefficient (Wildman–Crippen LogP) is -2.29. The van der Waals surface area contributed by atoms with Crippen molar-refractivity contribution in [1.29, 1.82) is 0 Å². The van der Waals surface area contributed by atoms with E-state index in [1.165, 1.54) is 0 Å². The van der Waals surface area contributed by atoms with Gasteiger partial charge >= 0.3 is 0 Å². The van der Waals surface area contributed by atoms with Crippen LogP contribution >= 0.6 is 0 Å². The molecular weight excluding hydrogens is 208 g/mol. The Hall–Kier alpha value is -1.92. The molecule has 0 saturated heterocycles. The van der Waals surface area contributed by atoms with Crippen molar-refractivity contribution < 1.29 is 20.4 Å². The number of hydrogen-bond donors (Lipinski definition) is 4. The summed E-state index contributed by atoms with van der Waals surface area (Å²) in [5, 5.41) is 34.4. The van der Waals surface area contributed by atoms with Gasteiger partial charge in [0.25, 0.3) is 0 Å². The van der Waals surface area contributed by atoms with E-state index in [0.717, 1.165) is 0 Å². The lowest BCUT2D eigenvalue weighted by Gasteiger charge is -1.90. The van der Waals surface area contributed by atoms with Gasteiger partial charge in [-0.1, -0.05) is 11.8 Å². The maximum absolute atomic E-state index is 8.79. The summed E-state index contributed by atoms with van der Waals surface area (Å²) in [6.07, 6.45) is -2.19. The second kappa shape index (κ2) is 9.63. The molecule has 0 fully saturated rings. The van der Waals surface area contributed by atoms with E-state index in [2.05, 4.69) is 47.4 Å². The quantitative estimate of drug-likeness (QED) is 0.393. The Balaban J connectivity index is 4.13. The van der Waals surface area contributed by atoms with E-state index in [-0.39, 0.29) is 0 Å². The zero-order chi connectivity index (χ0) is 12.2. The molecule has 0 aliphatic carbocycles. The van der Waals surface area contributed by atoms with Crippen LogP contribution in [0, 0.1) is 47.4 Å². The topological polar surface area (TPSA) is 80.9 Å². The van der Waals surface area contributed by atoms with Gasteiger partial charge in [0.1, 0.15) is 12.2 Å². The highest BCUT2D eigenvalue weighted by Crippen LogP contribution is 1.73. The molecule has 4 heteroatoms. The van der Waals surface area contributed by atoms with Crippen LogP contribution in [0.1, 0.15) is 0 Å². The van der Waals surface area contributed by atoms with Crippen LogP contribution in [-0.2, 0) is 0 Å². The standard InChI is InChI=1S/C12H10O4/c13-9-11(15)7-5-3-1-2-4-6-8-12(16)10-14/h11-16H,9-10H2/t11-,12-/m1/s1. The summed E-state index contributed by atoms with van der Waals surface area (Å²) >= 11 is 0. The Morgan fingerprint density at radius 2 is 0.938 bits per heavy atom. The number of rotatable bonds is 2. The summed E-state index contributed by atoms with van der Waals surface area (Å²) in [5.74, 6) is 18.4. The van der Waals surface area contributed by atoms with Crippen molar-refractivity contribution in [1.82, 2.24) is 0 Å². The summed E-state index contributed by atoms with van der Waals surface area (Å²) in [6, 6.07) is 0. The first kappa shape index (κ1) is 14.1. The van der Waals surface area contributed by atoms with Crippen LogP contribution in [0.25, 0.3) is 0 Å². The van der Waals surface area contributed by atoms with Crippen LogP contribution in [0.2, 0.25) is 0 Å². The fourth-order valence-corrected chi connectivity index (χ4v) is 0.455. The summed E-state index contributed by atoms with van der Waals surface area (Å²) in [6.45, 7) is -0.879. The fraction of sp³-hybridized carbons (Fsp3) is 0.333. The van der Waals surface area contributed by atoms with E-state index < -0.39 is 25.4 Å². The van der Waals surface area contributed by atoms with Gasteiger partial charge in [-0.05, 0) is 35.5 Å². The van der Waals surface area contributed by atoms with Gasteiger partial charge in [-0.15, -0.1) is 0 Å². The Morgan fingerprint density at radius 3 is 1.25 bits per heavy atom. The molecule has 0 saturated carbocycles. The highest BCUT2D eigenvalue weighted by Gasteiger charge is 1.91. The van der Waals surface area contributed by atoms with Crippen LogP contribution in [0.3, 0.4) is 0 Å². The minimum absolute atomic E-state index is 0.440. The molecule has 0 amide bonds. The lowest BCUT2D eigenvalue weighted by atomic mass is 10.4. The summed E-state index contributed by atoms with van der Waals surface area (Å²) < 4.78 is 0. The van der Waals surface area contributed by atoms with E-state index in [4.69, 9.17) is 20.4 Å². The normalized spacial score (nSPS) is 11.0. The first-order chi connectivity index (χ1) is 7.70. The van der Waals surface area contributed by atoms with E-state index in [0.29, 0.717) is 0 Å². The molecule has 0 spiro atoms. The zero-order valence-corrected chi connectivity index (χ0v) is 8.36. The van der Waals surface area contributed by atoms with Crippen molar-refractivity contribution >= 4 is 0 Å². The molecular formula is C12H10O4.